The molecule has 5 rings (SSSR count). The molecule has 25 heavy (non-hydrogen) atoms. The van der Waals surface area contributed by atoms with Crippen molar-refractivity contribution >= 4 is 17.1 Å². The van der Waals surface area contributed by atoms with Crippen molar-refractivity contribution < 1.29 is 16.0 Å². The van der Waals surface area contributed by atoms with Gasteiger partial charge in [-0.3, -0.25) is 4.99 Å². The Morgan fingerprint density at radius 3 is 2.76 bits per heavy atom. The first kappa shape index (κ1) is 10.5. The van der Waals surface area contributed by atoms with Crippen LogP contribution in [0.4, 0.5) is 4.39 Å². The summed E-state index contributed by atoms with van der Waals surface area (Å²) in [6, 6.07) is 11.2. The summed E-state index contributed by atoms with van der Waals surface area (Å²) in [7, 11) is 0. The summed E-state index contributed by atoms with van der Waals surface area (Å²) in [6.07, 6.45) is -2.81. The van der Waals surface area contributed by atoms with Crippen LogP contribution in [0.3, 0.4) is 0 Å². The van der Waals surface area contributed by atoms with Crippen LogP contribution in [0.15, 0.2) is 47.5 Å². The van der Waals surface area contributed by atoms with Gasteiger partial charge >= 0.3 is 0 Å². The fraction of sp³-hybridized carbons (Fsp3) is 0.286. The topological polar surface area (TPSA) is 26.5 Å². The minimum atomic E-state index is -2.29. The maximum absolute atomic E-state index is 13.6. The molecule has 0 aliphatic carbocycles. The molecule has 1 aromatic heterocycles. The second kappa shape index (κ2) is 5.81. The molecule has 3 nitrogen and oxygen atoms in total. The standard InChI is InChI=1S/C21H19FN2O/c22-18-1-3-19(4-2-18)24-20(14-5-7-25-8-6-14)10-15-9-16-12-23-13-17(16)11-21(15)24/h1-4,9-11,13-14H,5-8,12H2/i5D2,6D2,14D. The lowest BCUT2D eigenvalue weighted by atomic mass is 9.96. The molecule has 0 radical (unpaired) electrons. The number of aliphatic imine (C=N–C) groups is 1. The van der Waals surface area contributed by atoms with E-state index < -0.39 is 24.5 Å². The zero-order valence-electron chi connectivity index (χ0n) is 18.4. The van der Waals surface area contributed by atoms with Crippen LogP contribution >= 0.6 is 0 Å². The van der Waals surface area contributed by atoms with Crippen LogP contribution < -0.4 is 0 Å². The van der Waals surface area contributed by atoms with Crippen molar-refractivity contribution in [1.29, 1.82) is 0 Å². The van der Waals surface area contributed by atoms with Crippen LogP contribution in [-0.4, -0.2) is 24.0 Å². The number of halogens is 1. The smallest absolute Gasteiger partial charge is 0.123 e. The number of ether oxygens (including phenoxy) is 1. The molecular formula is C21H19FN2O. The minimum absolute atomic E-state index is 0.169. The molecule has 2 aromatic carbocycles. The molecule has 0 unspecified atom stereocenters. The van der Waals surface area contributed by atoms with Crippen LogP contribution in [0, 0.1) is 5.82 Å². The van der Waals surface area contributed by atoms with Gasteiger partial charge in [-0.25, -0.2) is 4.39 Å². The van der Waals surface area contributed by atoms with Crippen molar-refractivity contribution in [1.82, 2.24) is 4.57 Å². The first-order valence-electron chi connectivity index (χ1n) is 10.7. The van der Waals surface area contributed by atoms with Gasteiger partial charge in [0.2, 0.25) is 0 Å². The van der Waals surface area contributed by atoms with E-state index in [0.717, 1.165) is 16.5 Å². The van der Waals surface area contributed by atoms with Crippen LogP contribution in [0.5, 0.6) is 0 Å². The largest absolute Gasteiger partial charge is 0.381 e. The number of hydrogen-bond acceptors (Lipinski definition) is 2. The van der Waals surface area contributed by atoms with E-state index in [2.05, 4.69) is 4.99 Å². The number of fused-ring (bicyclic) bond motifs is 2. The van der Waals surface area contributed by atoms with Gasteiger partial charge < -0.3 is 9.30 Å². The maximum Gasteiger partial charge on any atom is 0.123 e. The summed E-state index contributed by atoms with van der Waals surface area (Å²) in [5.74, 6) is -2.66. The van der Waals surface area contributed by atoms with Gasteiger partial charge in [0, 0.05) is 48.9 Å². The highest BCUT2D eigenvalue weighted by Crippen LogP contribution is 2.36. The third-order valence-corrected chi connectivity index (χ3v) is 4.60. The van der Waals surface area contributed by atoms with E-state index >= 15 is 0 Å². The molecule has 2 aliphatic heterocycles. The molecule has 1 saturated heterocycles. The molecule has 2 aliphatic rings. The number of hydrogen-bond donors (Lipinski definition) is 0. The Morgan fingerprint density at radius 1 is 1.16 bits per heavy atom. The Balaban J connectivity index is 1.87. The maximum atomic E-state index is 13.6. The van der Waals surface area contributed by atoms with Gasteiger partial charge in [0.05, 0.1) is 12.1 Å². The van der Waals surface area contributed by atoms with Crippen molar-refractivity contribution in [2.45, 2.75) is 25.2 Å². The summed E-state index contributed by atoms with van der Waals surface area (Å²) in [6.45, 7) is -0.224. The average molecular weight is 339 g/mol. The molecule has 0 amide bonds. The lowest BCUT2D eigenvalue weighted by molar-refractivity contribution is 0.0842. The third kappa shape index (κ3) is 2.48. The van der Waals surface area contributed by atoms with E-state index in [-0.39, 0.29) is 18.9 Å². The molecule has 126 valence electrons. The van der Waals surface area contributed by atoms with E-state index in [4.69, 9.17) is 11.6 Å². The zero-order valence-corrected chi connectivity index (χ0v) is 13.4. The molecule has 4 heteroatoms. The van der Waals surface area contributed by atoms with Gasteiger partial charge in [0.15, 0.2) is 0 Å². The fourth-order valence-electron chi connectivity index (χ4n) is 3.41. The average Bonchev–Trinajstić information content (AvgIpc) is 3.28. The SMILES string of the molecule is [2H]C1([2H])COCC([2H])([2H])C1([2H])c1cc2cc3c(cc2n1-c1ccc(F)cc1)C=NC3. The van der Waals surface area contributed by atoms with Crippen molar-refractivity contribution in [2.24, 2.45) is 4.99 Å². The Kier molecular flexibility index (Phi) is 2.44. The third-order valence-electron chi connectivity index (χ3n) is 4.60. The summed E-state index contributed by atoms with van der Waals surface area (Å²) in [5, 5.41) is 0.753. The van der Waals surface area contributed by atoms with Gasteiger partial charge in [-0.1, -0.05) is 0 Å². The lowest BCUT2D eigenvalue weighted by Gasteiger charge is -2.24. The van der Waals surface area contributed by atoms with Crippen molar-refractivity contribution in [3.8, 4) is 5.69 Å². The second-order valence-electron chi connectivity index (χ2n) is 6.14. The van der Waals surface area contributed by atoms with Crippen LogP contribution in [-0.2, 0) is 11.3 Å². The van der Waals surface area contributed by atoms with Crippen molar-refractivity contribution in [3.63, 3.8) is 0 Å². The highest BCUT2D eigenvalue weighted by Gasteiger charge is 2.23. The molecule has 0 N–H and O–H groups in total. The summed E-state index contributed by atoms with van der Waals surface area (Å²) >= 11 is 0. The molecule has 1 fully saturated rings. The normalized spacial score (nSPS) is 25.6. The van der Waals surface area contributed by atoms with E-state index in [1.807, 2.05) is 12.1 Å². The zero-order chi connectivity index (χ0) is 21.3. The first-order chi connectivity index (χ1) is 14.1. The highest BCUT2D eigenvalue weighted by molar-refractivity contribution is 5.94. The van der Waals surface area contributed by atoms with Gasteiger partial charge in [-0.2, -0.15) is 0 Å². The first-order valence-corrected chi connectivity index (χ1v) is 8.16. The van der Waals surface area contributed by atoms with Crippen molar-refractivity contribution in [2.75, 3.05) is 13.2 Å². The monoisotopic (exact) mass is 339 g/mol. The van der Waals surface area contributed by atoms with E-state index in [1.54, 1.807) is 29.0 Å². The molecule has 0 saturated carbocycles. The lowest BCUT2D eigenvalue weighted by Crippen LogP contribution is -2.16. The summed E-state index contributed by atoms with van der Waals surface area (Å²) in [5.41, 5.74) is 3.33. The van der Waals surface area contributed by atoms with Gasteiger partial charge in [-0.15, -0.1) is 0 Å². The Hall–Kier alpha value is -2.46. The summed E-state index contributed by atoms with van der Waals surface area (Å²) in [4.78, 5) is 4.28. The van der Waals surface area contributed by atoms with Gasteiger partial charge in [0.1, 0.15) is 5.82 Å². The van der Waals surface area contributed by atoms with E-state index in [9.17, 15) is 4.39 Å². The van der Waals surface area contributed by atoms with Crippen LogP contribution in [0.25, 0.3) is 16.6 Å². The number of aromatic nitrogens is 1. The molecule has 3 heterocycles. The van der Waals surface area contributed by atoms with Crippen molar-refractivity contribution in [3.05, 3.63) is 65.1 Å². The number of benzene rings is 2. The molecular weight excluding hydrogens is 315 g/mol. The Bertz CT molecular complexity index is 1170. The predicted octanol–water partition coefficient (Wildman–Crippen LogP) is 4.60. The van der Waals surface area contributed by atoms with Crippen LogP contribution in [0.2, 0.25) is 0 Å². The second-order valence-corrected chi connectivity index (χ2v) is 6.14. The Labute approximate surface area is 152 Å². The number of rotatable bonds is 2. The fourth-order valence-corrected chi connectivity index (χ4v) is 3.41. The van der Waals surface area contributed by atoms with Crippen LogP contribution in [0.1, 0.15) is 42.3 Å². The van der Waals surface area contributed by atoms with E-state index in [0.29, 0.717) is 17.7 Å². The molecule has 0 bridgehead atoms. The minimum Gasteiger partial charge on any atom is -0.381 e. The Morgan fingerprint density at radius 2 is 1.96 bits per heavy atom. The summed E-state index contributed by atoms with van der Waals surface area (Å²) < 4.78 is 63.5. The number of nitrogens with zero attached hydrogens (tertiary/aromatic N) is 2. The van der Waals surface area contributed by atoms with E-state index in [1.165, 1.54) is 12.1 Å². The molecule has 3 aromatic rings. The molecule has 0 atom stereocenters. The van der Waals surface area contributed by atoms with Gasteiger partial charge in [-0.05, 0) is 66.3 Å². The van der Waals surface area contributed by atoms with Gasteiger partial charge in [0.25, 0.3) is 0 Å². The quantitative estimate of drug-likeness (QED) is 0.670. The highest BCUT2D eigenvalue weighted by atomic mass is 19.1. The molecule has 0 spiro atoms. The predicted molar refractivity (Wildman–Crippen MR) is 97.3 cm³/mol.